The fourth-order valence-corrected chi connectivity index (χ4v) is 4.72. The average Bonchev–Trinajstić information content (AvgIpc) is 3.20. The summed E-state index contributed by atoms with van der Waals surface area (Å²) in [5, 5.41) is 13.1. The molecule has 2 heterocycles. The molecule has 4 aromatic rings. The zero-order valence-corrected chi connectivity index (χ0v) is 16.7. The molecule has 0 radical (unpaired) electrons. The monoisotopic (exact) mass is 401 g/mol. The highest BCUT2D eigenvalue weighted by atomic mass is 32.1. The van der Waals surface area contributed by atoms with E-state index in [9.17, 15) is 5.11 Å². The normalized spacial score (nSPS) is 12.2. The number of nitrogens with zero attached hydrogens (tertiary/aromatic N) is 2. The Morgan fingerprint density at radius 3 is 2.83 bits per heavy atom. The zero-order valence-electron chi connectivity index (χ0n) is 15.8. The van der Waals surface area contributed by atoms with Gasteiger partial charge in [-0.3, -0.25) is 0 Å². The van der Waals surface area contributed by atoms with Gasteiger partial charge in [0.1, 0.15) is 11.5 Å². The number of aromatic nitrogens is 2. The molecule has 2 aromatic heterocycles. The van der Waals surface area contributed by atoms with E-state index < -0.39 is 0 Å². The van der Waals surface area contributed by atoms with Crippen LogP contribution < -0.4 is 10.1 Å². The molecule has 5 rings (SSSR count). The number of fused-ring (bicyclic) bond motifs is 3. The molecule has 1 aliphatic carbocycles. The molecule has 2 N–H and O–H groups in total. The van der Waals surface area contributed by atoms with Crippen molar-refractivity contribution in [3.8, 4) is 33.2 Å². The lowest BCUT2D eigenvalue weighted by atomic mass is 9.96. The number of thiophene rings is 1. The van der Waals surface area contributed by atoms with E-state index in [4.69, 9.17) is 9.72 Å². The van der Waals surface area contributed by atoms with Crippen molar-refractivity contribution in [2.24, 2.45) is 0 Å². The summed E-state index contributed by atoms with van der Waals surface area (Å²) in [6, 6.07) is 17.4. The minimum atomic E-state index is 0.172. The molecule has 1 aliphatic rings. The summed E-state index contributed by atoms with van der Waals surface area (Å²) in [5.41, 5.74) is 5.01. The molecule has 2 aromatic carbocycles. The number of aryl methyl sites for hydroxylation is 2. The molecule has 0 atom stereocenters. The van der Waals surface area contributed by atoms with Gasteiger partial charge in [0.25, 0.3) is 0 Å². The fraction of sp³-hybridized carbons (Fsp3) is 0.130. The third kappa shape index (κ3) is 3.32. The standard InChI is InChI=1S/C23H19N3O2S/c1-28-16-6-4-5-14(11-16)21-12-17-20(29-21)10-9-15-13-24-23(26-22(15)17)25-18-7-2-3-8-19(18)27/h2-8,11-13,27H,9-10H2,1H3,(H,24,25,26). The Kier molecular flexibility index (Phi) is 4.41. The maximum absolute atomic E-state index is 10.0. The summed E-state index contributed by atoms with van der Waals surface area (Å²) in [5.74, 6) is 1.50. The number of rotatable bonds is 4. The lowest BCUT2D eigenvalue weighted by molar-refractivity contribution is 0.415. The van der Waals surface area contributed by atoms with Gasteiger partial charge in [0.2, 0.25) is 5.95 Å². The first-order valence-corrected chi connectivity index (χ1v) is 10.2. The number of anilines is 2. The van der Waals surface area contributed by atoms with Crippen LogP contribution in [0.2, 0.25) is 0 Å². The van der Waals surface area contributed by atoms with E-state index in [0.29, 0.717) is 11.6 Å². The molecular weight excluding hydrogens is 382 g/mol. The van der Waals surface area contributed by atoms with Crippen molar-refractivity contribution >= 4 is 23.0 Å². The Morgan fingerprint density at radius 1 is 1.07 bits per heavy atom. The van der Waals surface area contributed by atoms with E-state index in [-0.39, 0.29) is 5.75 Å². The van der Waals surface area contributed by atoms with Gasteiger partial charge < -0.3 is 15.2 Å². The van der Waals surface area contributed by atoms with Crippen LogP contribution in [0.25, 0.3) is 21.7 Å². The van der Waals surface area contributed by atoms with E-state index in [0.717, 1.165) is 41.0 Å². The van der Waals surface area contributed by atoms with Crippen LogP contribution in [0.4, 0.5) is 11.6 Å². The van der Waals surface area contributed by atoms with Crippen molar-refractivity contribution < 1.29 is 9.84 Å². The van der Waals surface area contributed by atoms with Gasteiger partial charge in [0.15, 0.2) is 0 Å². The van der Waals surface area contributed by atoms with Crippen LogP contribution >= 0.6 is 11.3 Å². The molecular formula is C23H19N3O2S. The van der Waals surface area contributed by atoms with Gasteiger partial charge in [-0.15, -0.1) is 11.3 Å². The van der Waals surface area contributed by atoms with Gasteiger partial charge in [0.05, 0.1) is 18.5 Å². The Morgan fingerprint density at radius 2 is 1.97 bits per heavy atom. The van der Waals surface area contributed by atoms with Crippen molar-refractivity contribution in [1.29, 1.82) is 0 Å². The number of ether oxygens (including phenoxy) is 1. The lowest BCUT2D eigenvalue weighted by Gasteiger charge is -2.16. The largest absolute Gasteiger partial charge is 0.506 e. The molecule has 0 fully saturated rings. The Labute approximate surface area is 172 Å². The highest BCUT2D eigenvalue weighted by molar-refractivity contribution is 7.16. The SMILES string of the molecule is COc1cccc(-c2cc3c(s2)CCc2cnc(Nc4ccccc4O)nc2-3)c1. The Hall–Kier alpha value is -3.38. The van der Waals surface area contributed by atoms with E-state index in [1.54, 1.807) is 25.3 Å². The van der Waals surface area contributed by atoms with Crippen molar-refractivity contribution in [1.82, 2.24) is 9.97 Å². The van der Waals surface area contributed by atoms with Crippen LogP contribution in [0.15, 0.2) is 60.8 Å². The topological polar surface area (TPSA) is 67.3 Å². The molecule has 0 bridgehead atoms. The quantitative estimate of drug-likeness (QED) is 0.447. The maximum atomic E-state index is 10.0. The third-order valence-corrected chi connectivity index (χ3v) is 6.30. The maximum Gasteiger partial charge on any atom is 0.227 e. The lowest BCUT2D eigenvalue weighted by Crippen LogP contribution is -2.06. The summed E-state index contributed by atoms with van der Waals surface area (Å²) in [6.45, 7) is 0. The molecule has 0 unspecified atom stereocenters. The minimum absolute atomic E-state index is 0.172. The summed E-state index contributed by atoms with van der Waals surface area (Å²) in [6.07, 6.45) is 3.81. The van der Waals surface area contributed by atoms with Gasteiger partial charge in [-0.2, -0.15) is 0 Å². The number of nitrogens with one attached hydrogen (secondary N) is 1. The van der Waals surface area contributed by atoms with Gasteiger partial charge in [-0.25, -0.2) is 9.97 Å². The van der Waals surface area contributed by atoms with Crippen molar-refractivity contribution in [2.45, 2.75) is 12.8 Å². The molecule has 5 nitrogen and oxygen atoms in total. The summed E-state index contributed by atoms with van der Waals surface area (Å²) >= 11 is 1.81. The van der Waals surface area contributed by atoms with Gasteiger partial charge >= 0.3 is 0 Å². The van der Waals surface area contributed by atoms with Crippen LogP contribution in [-0.4, -0.2) is 22.2 Å². The highest BCUT2D eigenvalue weighted by Crippen LogP contribution is 2.42. The van der Waals surface area contributed by atoms with E-state index >= 15 is 0 Å². The Bertz CT molecular complexity index is 1200. The average molecular weight is 401 g/mol. The van der Waals surface area contributed by atoms with Gasteiger partial charge in [-0.05, 0) is 54.3 Å². The summed E-state index contributed by atoms with van der Waals surface area (Å²) in [4.78, 5) is 11.8. The second kappa shape index (κ2) is 7.22. The second-order valence-electron chi connectivity index (χ2n) is 6.89. The summed E-state index contributed by atoms with van der Waals surface area (Å²) < 4.78 is 5.37. The van der Waals surface area contributed by atoms with E-state index in [2.05, 4.69) is 28.5 Å². The number of phenols is 1. The molecule has 0 aliphatic heterocycles. The number of benzene rings is 2. The number of hydrogen-bond donors (Lipinski definition) is 2. The number of para-hydroxylation sites is 2. The molecule has 0 saturated carbocycles. The first kappa shape index (κ1) is 17.7. The smallest absolute Gasteiger partial charge is 0.227 e. The van der Waals surface area contributed by atoms with E-state index in [1.807, 2.05) is 35.7 Å². The van der Waals surface area contributed by atoms with Crippen LogP contribution in [0.1, 0.15) is 10.4 Å². The number of methoxy groups -OCH3 is 1. The van der Waals surface area contributed by atoms with Gasteiger partial charge in [-0.1, -0.05) is 24.3 Å². The minimum Gasteiger partial charge on any atom is -0.506 e. The van der Waals surface area contributed by atoms with Crippen LogP contribution in [-0.2, 0) is 12.8 Å². The molecule has 29 heavy (non-hydrogen) atoms. The molecule has 144 valence electrons. The van der Waals surface area contributed by atoms with Crippen molar-refractivity contribution in [3.05, 3.63) is 71.2 Å². The predicted molar refractivity (Wildman–Crippen MR) is 116 cm³/mol. The first-order chi connectivity index (χ1) is 14.2. The van der Waals surface area contributed by atoms with Crippen molar-refractivity contribution in [3.63, 3.8) is 0 Å². The predicted octanol–water partition coefficient (Wildman–Crippen LogP) is 5.43. The molecule has 0 spiro atoms. The van der Waals surface area contributed by atoms with Crippen molar-refractivity contribution in [2.75, 3.05) is 12.4 Å². The van der Waals surface area contributed by atoms with E-state index in [1.165, 1.54) is 9.75 Å². The van der Waals surface area contributed by atoms with Crippen LogP contribution in [0, 0.1) is 0 Å². The van der Waals surface area contributed by atoms with Gasteiger partial charge in [0, 0.05) is 21.5 Å². The fourth-order valence-electron chi connectivity index (χ4n) is 3.56. The summed E-state index contributed by atoms with van der Waals surface area (Å²) in [7, 11) is 1.69. The zero-order chi connectivity index (χ0) is 19.8. The molecule has 0 saturated heterocycles. The van der Waals surface area contributed by atoms with Crippen LogP contribution in [0.3, 0.4) is 0 Å². The highest BCUT2D eigenvalue weighted by Gasteiger charge is 2.22. The van der Waals surface area contributed by atoms with Crippen LogP contribution in [0.5, 0.6) is 11.5 Å². The number of phenolic OH excluding ortho intramolecular Hbond substituents is 1. The Balaban J connectivity index is 1.53. The number of aromatic hydroxyl groups is 1. The molecule has 6 heteroatoms. The third-order valence-electron chi connectivity index (χ3n) is 5.05. The molecule has 0 amide bonds. The second-order valence-corrected chi connectivity index (χ2v) is 8.03. The first-order valence-electron chi connectivity index (χ1n) is 9.40. The number of hydrogen-bond acceptors (Lipinski definition) is 6.